The number of halogens is 3. The molecule has 4 rings (SSSR count). The summed E-state index contributed by atoms with van der Waals surface area (Å²) in [5.74, 6) is -0.319. The number of aromatic nitrogens is 3. The summed E-state index contributed by atoms with van der Waals surface area (Å²) in [5.41, 5.74) is 1.27. The predicted octanol–water partition coefficient (Wildman–Crippen LogP) is 4.00. The van der Waals surface area contributed by atoms with Gasteiger partial charge in [0.25, 0.3) is 5.91 Å². The van der Waals surface area contributed by atoms with Crippen LogP contribution in [0, 0.1) is 0 Å². The maximum Gasteiger partial charge on any atom is 0.416 e. The van der Waals surface area contributed by atoms with E-state index in [4.69, 9.17) is 4.52 Å². The molecule has 1 N–H and O–H groups in total. The van der Waals surface area contributed by atoms with E-state index in [9.17, 15) is 18.0 Å². The molecular weight excluding hydrogens is 381 g/mol. The molecule has 3 aromatic heterocycles. The Morgan fingerprint density at radius 2 is 2.00 bits per heavy atom. The number of nitrogens with one attached hydrogen (secondary N) is 1. The number of nitrogens with zero attached hydrogens (tertiary/aromatic N) is 3. The topological polar surface area (TPSA) is 72.4 Å². The molecule has 4 aromatic rings. The van der Waals surface area contributed by atoms with Crippen molar-refractivity contribution in [3.8, 4) is 11.3 Å². The van der Waals surface area contributed by atoms with E-state index in [-0.39, 0.29) is 12.5 Å². The van der Waals surface area contributed by atoms with Crippen molar-refractivity contribution in [3.63, 3.8) is 0 Å². The Hall–Kier alpha value is -3.14. The lowest BCUT2D eigenvalue weighted by Gasteiger charge is -2.06. The van der Waals surface area contributed by atoms with Crippen LogP contribution in [-0.2, 0) is 12.7 Å². The highest BCUT2D eigenvalue weighted by Gasteiger charge is 2.30. The van der Waals surface area contributed by atoms with Gasteiger partial charge in [-0.15, -0.1) is 11.3 Å². The second-order valence-corrected chi connectivity index (χ2v) is 6.48. The fraction of sp³-hybridized carbons (Fsp3) is 0.118. The molecule has 1 amide bonds. The Bertz CT molecular complexity index is 1080. The van der Waals surface area contributed by atoms with Crippen LogP contribution in [0.3, 0.4) is 0 Å². The molecule has 0 saturated heterocycles. The van der Waals surface area contributed by atoms with E-state index in [1.54, 1.807) is 22.0 Å². The van der Waals surface area contributed by atoms with Gasteiger partial charge >= 0.3 is 6.18 Å². The molecule has 0 saturated carbocycles. The number of fused-ring (bicyclic) bond motifs is 1. The maximum atomic E-state index is 12.7. The number of alkyl halides is 3. The lowest BCUT2D eigenvalue weighted by atomic mass is 10.1. The first-order valence-electron chi connectivity index (χ1n) is 7.73. The molecule has 0 bridgehead atoms. The van der Waals surface area contributed by atoms with Gasteiger partial charge in [-0.3, -0.25) is 9.20 Å². The number of amides is 1. The van der Waals surface area contributed by atoms with Gasteiger partial charge in [0.15, 0.2) is 4.96 Å². The molecule has 0 aliphatic heterocycles. The van der Waals surface area contributed by atoms with E-state index in [0.29, 0.717) is 27.6 Å². The summed E-state index contributed by atoms with van der Waals surface area (Å²) < 4.78 is 44.4. The largest absolute Gasteiger partial charge is 0.416 e. The van der Waals surface area contributed by atoms with E-state index < -0.39 is 11.7 Å². The molecule has 138 valence electrons. The van der Waals surface area contributed by atoms with Crippen LogP contribution in [-0.4, -0.2) is 20.4 Å². The Kier molecular flexibility index (Phi) is 4.19. The molecule has 1 aromatic carbocycles. The molecule has 0 unspecified atom stereocenters. The summed E-state index contributed by atoms with van der Waals surface area (Å²) in [4.78, 5) is 17.3. The summed E-state index contributed by atoms with van der Waals surface area (Å²) in [6.07, 6.45) is -1.35. The van der Waals surface area contributed by atoms with Crippen LogP contribution in [0.5, 0.6) is 0 Å². The molecule has 27 heavy (non-hydrogen) atoms. The van der Waals surface area contributed by atoms with Gasteiger partial charge in [-0.05, 0) is 12.1 Å². The Balaban J connectivity index is 1.57. The standard InChI is InChI=1S/C17H11F3N4O2S/c18-17(19,20)11-3-1-10(2-4-11)13-8-24-14(9-27-16(24)22-13)15(25)21-7-12-5-6-26-23-12/h1-6,8-9H,7H2,(H,21,25). The minimum absolute atomic E-state index is 0.215. The van der Waals surface area contributed by atoms with Gasteiger partial charge in [0.05, 0.1) is 17.8 Å². The van der Waals surface area contributed by atoms with Crippen molar-refractivity contribution in [2.75, 3.05) is 0 Å². The number of hydrogen-bond acceptors (Lipinski definition) is 5. The summed E-state index contributed by atoms with van der Waals surface area (Å²) in [7, 11) is 0. The summed E-state index contributed by atoms with van der Waals surface area (Å²) in [6.45, 7) is 0.215. The van der Waals surface area contributed by atoms with Crippen molar-refractivity contribution in [1.29, 1.82) is 0 Å². The number of carbonyl (C=O) groups is 1. The molecule has 0 atom stereocenters. The van der Waals surface area contributed by atoms with Gasteiger partial charge in [-0.25, -0.2) is 4.98 Å². The van der Waals surface area contributed by atoms with Crippen molar-refractivity contribution in [3.05, 3.63) is 65.1 Å². The third-order valence-corrected chi connectivity index (χ3v) is 4.71. The van der Waals surface area contributed by atoms with Gasteiger partial charge in [-0.2, -0.15) is 13.2 Å². The summed E-state index contributed by atoms with van der Waals surface area (Å²) in [5, 5.41) is 8.10. The van der Waals surface area contributed by atoms with Crippen molar-refractivity contribution in [1.82, 2.24) is 19.9 Å². The average molecular weight is 392 g/mol. The van der Waals surface area contributed by atoms with E-state index in [1.807, 2.05) is 0 Å². The van der Waals surface area contributed by atoms with Crippen LogP contribution in [0.1, 0.15) is 21.7 Å². The molecule has 0 radical (unpaired) electrons. The molecule has 0 spiro atoms. The maximum absolute atomic E-state index is 12.7. The first kappa shape index (κ1) is 17.3. The minimum atomic E-state index is -4.39. The highest BCUT2D eigenvalue weighted by Crippen LogP contribution is 2.31. The SMILES string of the molecule is O=C(NCc1ccon1)c1csc2nc(-c3ccc(C(F)(F)F)cc3)cn12. The quantitative estimate of drug-likeness (QED) is 0.570. The zero-order valence-electron chi connectivity index (χ0n) is 13.5. The average Bonchev–Trinajstić information content (AvgIpc) is 3.35. The summed E-state index contributed by atoms with van der Waals surface area (Å²) >= 11 is 1.27. The molecule has 6 nitrogen and oxygen atoms in total. The lowest BCUT2D eigenvalue weighted by molar-refractivity contribution is -0.137. The van der Waals surface area contributed by atoms with Gasteiger partial charge in [0, 0.05) is 23.2 Å². The van der Waals surface area contributed by atoms with E-state index in [1.165, 1.54) is 29.7 Å². The minimum Gasteiger partial charge on any atom is -0.364 e. The molecule has 0 fully saturated rings. The van der Waals surface area contributed by atoms with Gasteiger partial charge in [0.2, 0.25) is 0 Å². The molecular formula is C17H11F3N4O2S. The number of rotatable bonds is 4. The first-order chi connectivity index (χ1) is 12.9. The Morgan fingerprint density at radius 3 is 2.67 bits per heavy atom. The lowest BCUT2D eigenvalue weighted by Crippen LogP contribution is -2.24. The molecule has 0 aliphatic carbocycles. The molecule has 10 heteroatoms. The van der Waals surface area contributed by atoms with E-state index in [2.05, 4.69) is 15.5 Å². The van der Waals surface area contributed by atoms with Crippen molar-refractivity contribution in [2.24, 2.45) is 0 Å². The second-order valence-electron chi connectivity index (χ2n) is 5.65. The second kappa shape index (κ2) is 6.54. The third-order valence-electron chi connectivity index (χ3n) is 3.87. The number of benzene rings is 1. The van der Waals surface area contributed by atoms with Crippen molar-refractivity contribution >= 4 is 22.2 Å². The van der Waals surface area contributed by atoms with Gasteiger partial charge in [0.1, 0.15) is 17.7 Å². The van der Waals surface area contributed by atoms with Crippen LogP contribution in [0.4, 0.5) is 13.2 Å². The third kappa shape index (κ3) is 3.43. The van der Waals surface area contributed by atoms with Crippen LogP contribution < -0.4 is 5.32 Å². The van der Waals surface area contributed by atoms with Crippen LogP contribution in [0.2, 0.25) is 0 Å². The van der Waals surface area contributed by atoms with Gasteiger partial charge < -0.3 is 9.84 Å². The van der Waals surface area contributed by atoms with Crippen LogP contribution in [0.25, 0.3) is 16.2 Å². The summed E-state index contributed by atoms with van der Waals surface area (Å²) in [6, 6.07) is 6.38. The zero-order chi connectivity index (χ0) is 19.0. The fourth-order valence-electron chi connectivity index (χ4n) is 2.51. The number of imidazole rings is 1. The monoisotopic (exact) mass is 392 g/mol. The van der Waals surface area contributed by atoms with Crippen molar-refractivity contribution in [2.45, 2.75) is 12.7 Å². The van der Waals surface area contributed by atoms with E-state index >= 15 is 0 Å². The predicted molar refractivity (Wildman–Crippen MR) is 91.2 cm³/mol. The molecule has 3 heterocycles. The highest BCUT2D eigenvalue weighted by molar-refractivity contribution is 7.15. The van der Waals surface area contributed by atoms with Gasteiger partial charge in [-0.1, -0.05) is 17.3 Å². The van der Waals surface area contributed by atoms with Crippen LogP contribution >= 0.6 is 11.3 Å². The number of thiazole rings is 1. The Morgan fingerprint density at radius 1 is 1.22 bits per heavy atom. The fourth-order valence-corrected chi connectivity index (χ4v) is 3.36. The van der Waals surface area contributed by atoms with E-state index in [0.717, 1.165) is 12.1 Å². The number of hydrogen-bond donors (Lipinski definition) is 1. The normalized spacial score (nSPS) is 11.8. The smallest absolute Gasteiger partial charge is 0.364 e. The highest BCUT2D eigenvalue weighted by atomic mass is 32.1. The number of carbonyl (C=O) groups excluding carboxylic acids is 1. The zero-order valence-corrected chi connectivity index (χ0v) is 14.3. The Labute approximate surface area is 154 Å². The van der Waals surface area contributed by atoms with Crippen molar-refractivity contribution < 1.29 is 22.5 Å². The van der Waals surface area contributed by atoms with Crippen LogP contribution in [0.15, 0.2) is 52.7 Å². The first-order valence-corrected chi connectivity index (χ1v) is 8.61. The molecule has 0 aliphatic rings.